The summed E-state index contributed by atoms with van der Waals surface area (Å²) in [6.45, 7) is 0. The lowest BCUT2D eigenvalue weighted by Crippen LogP contribution is -2.13. The van der Waals surface area contributed by atoms with Gasteiger partial charge in [0.25, 0.3) is 5.91 Å². The molecule has 0 unspecified atom stereocenters. The van der Waals surface area contributed by atoms with Crippen molar-refractivity contribution in [1.82, 2.24) is 0 Å². The summed E-state index contributed by atoms with van der Waals surface area (Å²) in [5.41, 5.74) is -0.434. The molecule has 0 bridgehead atoms. The van der Waals surface area contributed by atoms with Gasteiger partial charge in [0.15, 0.2) is 0 Å². The van der Waals surface area contributed by atoms with Crippen molar-refractivity contribution < 1.29 is 26.4 Å². The molecule has 0 spiro atoms. The SMILES string of the molecule is CS(=O)(=O)Nc1ccc(C(=O)Nc2ccc(C(F)(F)F)cc2)cc1Cl. The highest BCUT2D eigenvalue weighted by atomic mass is 35.5. The predicted octanol–water partition coefficient (Wildman–Crippen LogP) is 3.98. The van der Waals surface area contributed by atoms with Gasteiger partial charge >= 0.3 is 6.18 Å². The molecule has 25 heavy (non-hydrogen) atoms. The Morgan fingerprint density at radius 1 is 1.08 bits per heavy atom. The summed E-state index contributed by atoms with van der Waals surface area (Å²) in [5.74, 6) is -0.604. The molecule has 10 heteroatoms. The smallest absolute Gasteiger partial charge is 0.322 e. The van der Waals surface area contributed by atoms with E-state index in [0.29, 0.717) is 0 Å². The van der Waals surface area contributed by atoms with Gasteiger partial charge in [-0.15, -0.1) is 0 Å². The maximum atomic E-state index is 12.5. The van der Waals surface area contributed by atoms with E-state index >= 15 is 0 Å². The van der Waals surface area contributed by atoms with E-state index in [9.17, 15) is 26.4 Å². The fourth-order valence-corrected chi connectivity index (χ4v) is 2.75. The molecule has 0 aliphatic carbocycles. The second-order valence-electron chi connectivity index (χ2n) is 5.10. The number of nitrogens with one attached hydrogen (secondary N) is 2. The fourth-order valence-electron chi connectivity index (χ4n) is 1.88. The second-order valence-corrected chi connectivity index (χ2v) is 7.25. The van der Waals surface area contributed by atoms with Crippen molar-refractivity contribution in [2.45, 2.75) is 6.18 Å². The third kappa shape index (κ3) is 5.36. The van der Waals surface area contributed by atoms with E-state index < -0.39 is 27.7 Å². The first-order valence-corrected chi connectivity index (χ1v) is 8.98. The summed E-state index contributed by atoms with van der Waals surface area (Å²) in [6, 6.07) is 7.84. The van der Waals surface area contributed by atoms with Gasteiger partial charge in [-0.2, -0.15) is 13.2 Å². The van der Waals surface area contributed by atoms with Gasteiger partial charge in [0.1, 0.15) is 0 Å². The number of hydrogen-bond acceptors (Lipinski definition) is 3. The van der Waals surface area contributed by atoms with Crippen LogP contribution in [0.25, 0.3) is 0 Å². The Morgan fingerprint density at radius 2 is 1.68 bits per heavy atom. The van der Waals surface area contributed by atoms with Crippen LogP contribution >= 0.6 is 11.6 Å². The minimum atomic E-state index is -4.46. The Morgan fingerprint density at radius 3 is 2.16 bits per heavy atom. The number of alkyl halides is 3. The molecule has 0 radical (unpaired) electrons. The number of sulfonamides is 1. The summed E-state index contributed by atoms with van der Waals surface area (Å²) in [5, 5.41) is 2.43. The maximum Gasteiger partial charge on any atom is 0.416 e. The molecule has 0 heterocycles. The van der Waals surface area contributed by atoms with Crippen LogP contribution in [0.5, 0.6) is 0 Å². The third-order valence-electron chi connectivity index (χ3n) is 3.00. The van der Waals surface area contributed by atoms with E-state index in [1.165, 1.54) is 18.2 Å². The number of rotatable bonds is 4. The van der Waals surface area contributed by atoms with E-state index in [1.807, 2.05) is 0 Å². The Hall–Kier alpha value is -2.26. The van der Waals surface area contributed by atoms with E-state index in [0.717, 1.165) is 30.5 Å². The first-order valence-electron chi connectivity index (χ1n) is 6.72. The number of benzene rings is 2. The Labute approximate surface area is 146 Å². The minimum Gasteiger partial charge on any atom is -0.322 e. The quantitative estimate of drug-likeness (QED) is 0.826. The van der Waals surface area contributed by atoms with Gasteiger partial charge in [-0.3, -0.25) is 9.52 Å². The molecule has 2 aromatic rings. The molecule has 0 aromatic heterocycles. The maximum absolute atomic E-state index is 12.5. The van der Waals surface area contributed by atoms with Crippen LogP contribution in [0.3, 0.4) is 0 Å². The summed E-state index contributed by atoms with van der Waals surface area (Å²) in [7, 11) is -3.52. The van der Waals surface area contributed by atoms with Crippen LogP contribution < -0.4 is 10.0 Å². The van der Waals surface area contributed by atoms with E-state index in [4.69, 9.17) is 11.6 Å². The Bertz CT molecular complexity index is 897. The third-order valence-corrected chi connectivity index (χ3v) is 3.90. The molecule has 1 amide bonds. The highest BCUT2D eigenvalue weighted by Crippen LogP contribution is 2.30. The van der Waals surface area contributed by atoms with Crippen LogP contribution in [0.15, 0.2) is 42.5 Å². The summed E-state index contributed by atoms with van der Waals surface area (Å²) in [4.78, 5) is 12.1. The summed E-state index contributed by atoms with van der Waals surface area (Å²) >= 11 is 5.92. The molecule has 2 N–H and O–H groups in total. The van der Waals surface area contributed by atoms with Gasteiger partial charge in [0.2, 0.25) is 10.0 Å². The van der Waals surface area contributed by atoms with Gasteiger partial charge < -0.3 is 5.32 Å². The normalized spacial score (nSPS) is 11.9. The van der Waals surface area contributed by atoms with Crippen LogP contribution in [0.1, 0.15) is 15.9 Å². The van der Waals surface area contributed by atoms with Gasteiger partial charge in [-0.1, -0.05) is 11.6 Å². The van der Waals surface area contributed by atoms with E-state index in [-0.39, 0.29) is 22.0 Å². The number of carbonyl (C=O) groups excluding carboxylic acids is 1. The van der Waals surface area contributed by atoms with Crippen LogP contribution in [0.2, 0.25) is 5.02 Å². The molecule has 0 saturated heterocycles. The molecule has 0 atom stereocenters. The first-order chi connectivity index (χ1) is 11.5. The number of hydrogen-bond donors (Lipinski definition) is 2. The van der Waals surface area contributed by atoms with Crippen LogP contribution in [0, 0.1) is 0 Å². The molecule has 0 saturated carbocycles. The van der Waals surface area contributed by atoms with Crippen LogP contribution in [-0.2, 0) is 16.2 Å². The van der Waals surface area contributed by atoms with Crippen molar-refractivity contribution >= 4 is 38.9 Å². The molecule has 0 fully saturated rings. The van der Waals surface area contributed by atoms with Crippen molar-refractivity contribution in [3.05, 3.63) is 58.6 Å². The van der Waals surface area contributed by atoms with Gasteiger partial charge in [0.05, 0.1) is 22.5 Å². The minimum absolute atomic E-state index is 0.00509. The number of halogens is 4. The van der Waals surface area contributed by atoms with Gasteiger partial charge in [-0.25, -0.2) is 8.42 Å². The van der Waals surface area contributed by atoms with Crippen LogP contribution in [-0.4, -0.2) is 20.6 Å². The largest absolute Gasteiger partial charge is 0.416 e. The lowest BCUT2D eigenvalue weighted by molar-refractivity contribution is -0.137. The topological polar surface area (TPSA) is 75.3 Å². The molecule has 2 rings (SSSR count). The molecule has 5 nitrogen and oxygen atoms in total. The Kier molecular flexibility index (Phi) is 5.28. The second kappa shape index (κ2) is 6.93. The zero-order chi connectivity index (χ0) is 18.8. The number of anilines is 2. The zero-order valence-corrected chi connectivity index (χ0v) is 14.3. The fraction of sp³-hybridized carbons (Fsp3) is 0.133. The van der Waals surface area contributed by atoms with Crippen molar-refractivity contribution in [3.8, 4) is 0 Å². The summed E-state index contributed by atoms with van der Waals surface area (Å²) < 4.78 is 62.0. The average molecular weight is 393 g/mol. The monoisotopic (exact) mass is 392 g/mol. The molecule has 2 aromatic carbocycles. The molecule has 0 aliphatic heterocycles. The van der Waals surface area contributed by atoms with Gasteiger partial charge in [0, 0.05) is 11.3 Å². The predicted molar refractivity (Wildman–Crippen MR) is 89.3 cm³/mol. The van der Waals surface area contributed by atoms with Crippen molar-refractivity contribution in [2.75, 3.05) is 16.3 Å². The van der Waals surface area contributed by atoms with Crippen molar-refractivity contribution in [1.29, 1.82) is 0 Å². The number of carbonyl (C=O) groups is 1. The lowest BCUT2D eigenvalue weighted by atomic mass is 10.1. The molecular weight excluding hydrogens is 381 g/mol. The lowest BCUT2D eigenvalue weighted by Gasteiger charge is -2.10. The highest BCUT2D eigenvalue weighted by molar-refractivity contribution is 7.92. The molecular formula is C15H12ClF3N2O3S. The van der Waals surface area contributed by atoms with Crippen molar-refractivity contribution in [3.63, 3.8) is 0 Å². The molecule has 134 valence electrons. The molecule has 0 aliphatic rings. The first kappa shape index (κ1) is 19.1. The summed E-state index contributed by atoms with van der Waals surface area (Å²) in [6.07, 6.45) is -3.51. The zero-order valence-electron chi connectivity index (χ0n) is 12.7. The van der Waals surface area contributed by atoms with E-state index in [1.54, 1.807) is 0 Å². The van der Waals surface area contributed by atoms with E-state index in [2.05, 4.69) is 10.0 Å². The van der Waals surface area contributed by atoms with Crippen LogP contribution in [0.4, 0.5) is 24.5 Å². The highest BCUT2D eigenvalue weighted by Gasteiger charge is 2.30. The Balaban J connectivity index is 2.14. The average Bonchev–Trinajstić information content (AvgIpc) is 2.47. The van der Waals surface area contributed by atoms with Crippen molar-refractivity contribution in [2.24, 2.45) is 0 Å². The number of amides is 1. The standard InChI is InChI=1S/C15H12ClF3N2O3S/c1-25(23,24)21-13-7-2-9(8-12(13)16)14(22)20-11-5-3-10(4-6-11)15(17,18)19/h2-8,21H,1H3,(H,20,22). The van der Waals surface area contributed by atoms with Gasteiger partial charge in [-0.05, 0) is 42.5 Å².